The summed E-state index contributed by atoms with van der Waals surface area (Å²) in [6.07, 6.45) is 2.42. The van der Waals surface area contributed by atoms with Gasteiger partial charge in [0.1, 0.15) is 11.4 Å². The van der Waals surface area contributed by atoms with Crippen LogP contribution >= 0.6 is 0 Å². The van der Waals surface area contributed by atoms with Crippen molar-refractivity contribution in [2.24, 2.45) is 17.8 Å². The van der Waals surface area contributed by atoms with Crippen LogP contribution in [-0.4, -0.2) is 47.5 Å². The van der Waals surface area contributed by atoms with Gasteiger partial charge in [-0.2, -0.15) is 0 Å². The molecule has 0 radical (unpaired) electrons. The molecule has 3 fully saturated rings. The first kappa shape index (κ1) is 16.3. The van der Waals surface area contributed by atoms with E-state index in [9.17, 15) is 9.59 Å². The summed E-state index contributed by atoms with van der Waals surface area (Å²) in [5.74, 6) is 1.64. The molecular formula is C21H25NO4. The van der Waals surface area contributed by atoms with Crippen LogP contribution in [0.4, 0.5) is 0 Å². The second-order valence-electron chi connectivity index (χ2n) is 8.52. The number of ether oxygens (including phenoxy) is 2. The third-order valence-electron chi connectivity index (χ3n) is 6.65. The molecule has 0 aromatic heterocycles. The summed E-state index contributed by atoms with van der Waals surface area (Å²) in [6.45, 7) is 5.36. The number of fused-ring (bicyclic) bond motifs is 3. The molecule has 5 rings (SSSR count). The Labute approximate surface area is 153 Å². The Morgan fingerprint density at radius 1 is 1.19 bits per heavy atom. The average molecular weight is 355 g/mol. The monoisotopic (exact) mass is 355 g/mol. The highest BCUT2D eigenvalue weighted by atomic mass is 16.5. The van der Waals surface area contributed by atoms with E-state index >= 15 is 0 Å². The lowest BCUT2D eigenvalue weighted by atomic mass is 9.84. The van der Waals surface area contributed by atoms with E-state index in [-0.39, 0.29) is 35.7 Å². The predicted molar refractivity (Wildman–Crippen MR) is 95.0 cm³/mol. The smallest absolute Gasteiger partial charge is 0.226 e. The second-order valence-corrected chi connectivity index (χ2v) is 8.52. The lowest BCUT2D eigenvalue weighted by molar-refractivity contribution is -0.146. The van der Waals surface area contributed by atoms with Crippen molar-refractivity contribution >= 4 is 11.7 Å². The fourth-order valence-electron chi connectivity index (χ4n) is 5.67. The van der Waals surface area contributed by atoms with Gasteiger partial charge in [-0.3, -0.25) is 9.59 Å². The van der Waals surface area contributed by atoms with Gasteiger partial charge in [-0.25, -0.2) is 0 Å². The van der Waals surface area contributed by atoms with Crippen molar-refractivity contribution in [2.45, 2.75) is 50.9 Å². The molecule has 2 saturated carbocycles. The van der Waals surface area contributed by atoms with E-state index in [1.165, 1.54) is 0 Å². The fraction of sp³-hybridized carbons (Fsp3) is 0.619. The number of ketones is 1. The highest BCUT2D eigenvalue weighted by molar-refractivity contribution is 6.00. The standard InChI is InChI=1S/C21H25NO4/c1-12-10-22(11-13(2)25-12)20(24)18-15-7-8-21(19(15)18)9-16(23)14-5-3-4-6-17(14)26-21/h3-6,12-13,15,18-19H,7-11H2,1-2H3/t12-,13+,15-,18+,19-,21-/m0/s1. The Bertz CT molecular complexity index is 767. The molecule has 1 amide bonds. The molecule has 6 atom stereocenters. The van der Waals surface area contributed by atoms with Gasteiger partial charge in [-0.15, -0.1) is 0 Å². The van der Waals surface area contributed by atoms with Crippen LogP contribution < -0.4 is 4.74 Å². The maximum atomic E-state index is 13.1. The van der Waals surface area contributed by atoms with E-state index in [4.69, 9.17) is 9.47 Å². The molecule has 1 aromatic carbocycles. The highest BCUT2D eigenvalue weighted by Crippen LogP contribution is 2.66. The molecule has 1 spiro atoms. The predicted octanol–water partition coefficient (Wildman–Crippen LogP) is 2.68. The van der Waals surface area contributed by atoms with Crippen LogP contribution in [-0.2, 0) is 9.53 Å². The summed E-state index contributed by atoms with van der Waals surface area (Å²) in [5.41, 5.74) is 0.209. The molecule has 5 nitrogen and oxygen atoms in total. The van der Waals surface area contributed by atoms with Crippen LogP contribution in [0.15, 0.2) is 24.3 Å². The lowest BCUT2D eigenvalue weighted by Gasteiger charge is -2.38. The number of nitrogens with zero attached hydrogens (tertiary/aromatic N) is 1. The highest BCUT2D eigenvalue weighted by Gasteiger charge is 2.71. The van der Waals surface area contributed by atoms with Crippen molar-refractivity contribution in [1.82, 2.24) is 4.90 Å². The van der Waals surface area contributed by atoms with Crippen LogP contribution in [0.2, 0.25) is 0 Å². The van der Waals surface area contributed by atoms with E-state index in [2.05, 4.69) is 0 Å². The van der Waals surface area contributed by atoms with Gasteiger partial charge in [0.25, 0.3) is 0 Å². The van der Waals surface area contributed by atoms with Crippen molar-refractivity contribution in [3.63, 3.8) is 0 Å². The van der Waals surface area contributed by atoms with Crippen molar-refractivity contribution in [2.75, 3.05) is 13.1 Å². The molecule has 1 aromatic rings. The van der Waals surface area contributed by atoms with Crippen LogP contribution in [0.1, 0.15) is 43.5 Å². The minimum Gasteiger partial charge on any atom is -0.486 e. The van der Waals surface area contributed by atoms with Crippen molar-refractivity contribution in [3.05, 3.63) is 29.8 Å². The number of carbonyl (C=O) groups excluding carboxylic acids is 2. The van der Waals surface area contributed by atoms with Crippen LogP contribution in [0.5, 0.6) is 5.75 Å². The third kappa shape index (κ3) is 2.33. The van der Waals surface area contributed by atoms with Gasteiger partial charge >= 0.3 is 0 Å². The van der Waals surface area contributed by atoms with Crippen LogP contribution in [0.25, 0.3) is 0 Å². The molecule has 0 unspecified atom stereocenters. The molecule has 26 heavy (non-hydrogen) atoms. The van der Waals surface area contributed by atoms with Crippen molar-refractivity contribution in [3.8, 4) is 5.75 Å². The van der Waals surface area contributed by atoms with Gasteiger partial charge in [-0.1, -0.05) is 12.1 Å². The maximum Gasteiger partial charge on any atom is 0.226 e. The molecule has 2 heterocycles. The summed E-state index contributed by atoms with van der Waals surface area (Å²) < 4.78 is 12.2. The molecule has 2 aliphatic carbocycles. The Morgan fingerprint density at radius 3 is 2.69 bits per heavy atom. The Balaban J connectivity index is 1.37. The zero-order valence-electron chi connectivity index (χ0n) is 15.3. The molecule has 1 saturated heterocycles. The first-order chi connectivity index (χ1) is 12.5. The lowest BCUT2D eigenvalue weighted by Crippen LogP contribution is -2.50. The number of hydrogen-bond donors (Lipinski definition) is 0. The number of benzene rings is 1. The first-order valence-electron chi connectivity index (χ1n) is 9.74. The molecule has 4 aliphatic rings. The van der Waals surface area contributed by atoms with Crippen LogP contribution in [0.3, 0.4) is 0 Å². The maximum absolute atomic E-state index is 13.1. The van der Waals surface area contributed by atoms with Gasteiger partial charge < -0.3 is 14.4 Å². The zero-order chi connectivity index (χ0) is 18.1. The minimum absolute atomic E-state index is 0.0133. The largest absolute Gasteiger partial charge is 0.486 e. The molecule has 0 bridgehead atoms. The van der Waals surface area contributed by atoms with Gasteiger partial charge in [0.05, 0.1) is 24.2 Å². The molecule has 138 valence electrons. The molecule has 0 N–H and O–H groups in total. The number of carbonyl (C=O) groups is 2. The van der Waals surface area contributed by atoms with E-state index in [0.717, 1.165) is 12.8 Å². The SMILES string of the molecule is C[C@@H]1CN(C(=O)[C@@H]2[C@@H]3CC[C@]4(CC(=O)c5ccccc5O4)[C@@H]32)C[C@H](C)O1. The Kier molecular flexibility index (Phi) is 3.48. The topological polar surface area (TPSA) is 55.8 Å². The summed E-state index contributed by atoms with van der Waals surface area (Å²) in [5, 5.41) is 0. The first-order valence-corrected chi connectivity index (χ1v) is 9.74. The van der Waals surface area contributed by atoms with Gasteiger partial charge in [-0.05, 0) is 44.7 Å². The number of hydrogen-bond acceptors (Lipinski definition) is 4. The molecule has 5 heteroatoms. The second kappa shape index (κ2) is 5.56. The Hall–Kier alpha value is -1.88. The fourth-order valence-corrected chi connectivity index (χ4v) is 5.67. The quantitative estimate of drug-likeness (QED) is 0.777. The van der Waals surface area contributed by atoms with E-state index in [0.29, 0.717) is 36.7 Å². The molecule has 2 aliphatic heterocycles. The zero-order valence-corrected chi connectivity index (χ0v) is 15.3. The van der Waals surface area contributed by atoms with Gasteiger partial charge in [0.2, 0.25) is 5.91 Å². The van der Waals surface area contributed by atoms with Crippen molar-refractivity contribution < 1.29 is 19.1 Å². The van der Waals surface area contributed by atoms with Gasteiger partial charge in [0.15, 0.2) is 5.78 Å². The van der Waals surface area contributed by atoms with Crippen molar-refractivity contribution in [1.29, 1.82) is 0 Å². The minimum atomic E-state index is -0.472. The number of para-hydroxylation sites is 1. The van der Waals surface area contributed by atoms with E-state index in [1.54, 1.807) is 0 Å². The van der Waals surface area contributed by atoms with E-state index in [1.807, 2.05) is 43.0 Å². The summed E-state index contributed by atoms with van der Waals surface area (Å²) >= 11 is 0. The summed E-state index contributed by atoms with van der Waals surface area (Å²) in [4.78, 5) is 27.8. The number of rotatable bonds is 1. The van der Waals surface area contributed by atoms with Crippen LogP contribution in [0, 0.1) is 17.8 Å². The van der Waals surface area contributed by atoms with Gasteiger partial charge in [0, 0.05) is 24.9 Å². The van der Waals surface area contributed by atoms with E-state index < -0.39 is 5.60 Å². The number of amides is 1. The molecular weight excluding hydrogens is 330 g/mol. The number of Topliss-reactive ketones (excluding diaryl/α,β-unsaturated/α-hetero) is 1. The normalized spacial score (nSPS) is 40.8. The summed E-state index contributed by atoms with van der Waals surface area (Å²) in [7, 11) is 0. The average Bonchev–Trinajstić information content (AvgIpc) is 3.24. The Morgan fingerprint density at radius 2 is 1.92 bits per heavy atom. The third-order valence-corrected chi connectivity index (χ3v) is 6.65. The summed E-state index contributed by atoms with van der Waals surface area (Å²) in [6, 6.07) is 7.50. The number of morpholine rings is 1.